The second-order valence-electron chi connectivity index (χ2n) is 9.65. The van der Waals surface area contributed by atoms with Crippen LogP contribution in [0, 0.1) is 5.92 Å². The predicted molar refractivity (Wildman–Crippen MR) is 138 cm³/mol. The summed E-state index contributed by atoms with van der Waals surface area (Å²) in [5, 5.41) is 10.9. The van der Waals surface area contributed by atoms with E-state index in [0.717, 1.165) is 36.0 Å². The van der Waals surface area contributed by atoms with Crippen molar-refractivity contribution >= 4 is 21.6 Å². The number of sulfonamides is 1. The Bertz CT molecular complexity index is 1340. The zero-order valence-electron chi connectivity index (χ0n) is 20.3. The molecule has 1 fully saturated rings. The molecule has 0 spiro atoms. The molecular weight excluding hydrogens is 474 g/mol. The van der Waals surface area contributed by atoms with E-state index in [0.29, 0.717) is 30.6 Å². The van der Waals surface area contributed by atoms with Gasteiger partial charge in [-0.2, -0.15) is 0 Å². The lowest BCUT2D eigenvalue weighted by atomic mass is 9.85. The van der Waals surface area contributed by atoms with Gasteiger partial charge in [0.2, 0.25) is 15.9 Å². The number of hydrogen-bond acceptors (Lipinski definition) is 5. The Labute approximate surface area is 212 Å². The first-order valence-corrected chi connectivity index (χ1v) is 14.0. The minimum absolute atomic E-state index is 0.0173. The molecule has 36 heavy (non-hydrogen) atoms. The quantitative estimate of drug-likeness (QED) is 0.484. The van der Waals surface area contributed by atoms with E-state index < -0.39 is 22.2 Å². The summed E-state index contributed by atoms with van der Waals surface area (Å²) in [6.45, 7) is 2.39. The molecule has 0 bridgehead atoms. The maximum atomic E-state index is 13.2. The van der Waals surface area contributed by atoms with Crippen LogP contribution in [0.5, 0.6) is 0 Å². The van der Waals surface area contributed by atoms with Gasteiger partial charge in [0.25, 0.3) is 0 Å². The molecule has 2 N–H and O–H groups in total. The summed E-state index contributed by atoms with van der Waals surface area (Å²) < 4.78 is 29.2. The van der Waals surface area contributed by atoms with Crippen LogP contribution in [-0.4, -0.2) is 30.5 Å². The maximum Gasteiger partial charge on any atom is 0.241 e. The Hall–Kier alpha value is -3.07. The molecule has 2 atom stereocenters. The fourth-order valence-corrected chi connectivity index (χ4v) is 6.00. The third kappa shape index (κ3) is 5.21. The van der Waals surface area contributed by atoms with Crippen LogP contribution in [0.1, 0.15) is 54.5 Å². The van der Waals surface area contributed by atoms with Crippen LogP contribution in [0.2, 0.25) is 0 Å². The average Bonchev–Trinajstić information content (AvgIpc) is 3.75. The van der Waals surface area contributed by atoms with E-state index in [9.17, 15) is 18.3 Å². The van der Waals surface area contributed by atoms with Crippen LogP contribution < -0.4 is 9.62 Å². The van der Waals surface area contributed by atoms with Crippen molar-refractivity contribution in [2.24, 2.45) is 5.92 Å². The van der Waals surface area contributed by atoms with Crippen LogP contribution in [0.15, 0.2) is 71.9 Å². The molecule has 0 saturated heterocycles. The molecule has 3 aromatic rings. The van der Waals surface area contributed by atoms with Crippen LogP contribution in [-0.2, 0) is 34.2 Å². The Morgan fingerprint density at radius 3 is 2.53 bits per heavy atom. The lowest BCUT2D eigenvalue weighted by Gasteiger charge is -2.32. The van der Waals surface area contributed by atoms with Gasteiger partial charge in [-0.05, 0) is 84.7 Å². The Morgan fingerprint density at radius 2 is 1.86 bits per heavy atom. The van der Waals surface area contributed by atoms with Gasteiger partial charge in [0, 0.05) is 24.0 Å². The Kier molecular flexibility index (Phi) is 6.92. The molecular formula is C28H31N3O4S. The standard InChI is InChI=1S/C28H31N3O4S/c1-2-19-5-12-24(13-6-19)36(34,35)30-27-25-16-23(11-9-21(25)10-14-26(27)32)31(28(33)22-7-8-22)18-20-4-3-15-29-17-20/h3-6,9,11-13,15-17,22,26-27,30,32H,2,7-8,10,14,18H2,1H3. The van der Waals surface area contributed by atoms with Gasteiger partial charge >= 0.3 is 0 Å². The van der Waals surface area contributed by atoms with Gasteiger partial charge in [-0.3, -0.25) is 9.78 Å². The number of benzene rings is 2. The zero-order chi connectivity index (χ0) is 25.3. The molecule has 0 aliphatic heterocycles. The number of amides is 1. The summed E-state index contributed by atoms with van der Waals surface area (Å²) in [4.78, 5) is 19.3. The molecule has 8 heteroatoms. The minimum atomic E-state index is -3.86. The van der Waals surface area contributed by atoms with Crippen molar-refractivity contribution in [3.05, 3.63) is 89.2 Å². The minimum Gasteiger partial charge on any atom is -0.391 e. The first kappa shape index (κ1) is 24.6. The molecule has 7 nitrogen and oxygen atoms in total. The number of anilines is 1. The first-order chi connectivity index (χ1) is 17.4. The third-order valence-electron chi connectivity index (χ3n) is 7.05. The molecule has 188 valence electrons. The topological polar surface area (TPSA) is 99.6 Å². The number of fused-ring (bicyclic) bond motifs is 1. The Balaban J connectivity index is 1.48. The number of nitrogens with zero attached hydrogens (tertiary/aromatic N) is 2. The van der Waals surface area contributed by atoms with E-state index in [1.807, 2.05) is 37.3 Å². The second-order valence-corrected chi connectivity index (χ2v) is 11.4. The molecule has 2 aromatic carbocycles. The Morgan fingerprint density at radius 1 is 1.08 bits per heavy atom. The molecule has 1 saturated carbocycles. The van der Waals surface area contributed by atoms with Crippen molar-refractivity contribution in [1.29, 1.82) is 0 Å². The average molecular weight is 506 g/mol. The highest BCUT2D eigenvalue weighted by Gasteiger charge is 2.36. The lowest BCUT2D eigenvalue weighted by Crippen LogP contribution is -2.39. The number of carbonyl (C=O) groups excluding carboxylic acids is 1. The van der Waals surface area contributed by atoms with E-state index in [-0.39, 0.29) is 16.7 Å². The van der Waals surface area contributed by atoms with Crippen molar-refractivity contribution in [2.45, 2.75) is 62.6 Å². The molecule has 1 amide bonds. The van der Waals surface area contributed by atoms with E-state index in [1.54, 1.807) is 41.6 Å². The fraction of sp³-hybridized carbons (Fsp3) is 0.357. The first-order valence-electron chi connectivity index (χ1n) is 12.5. The molecule has 2 aliphatic rings. The van der Waals surface area contributed by atoms with Gasteiger partial charge in [-0.25, -0.2) is 13.1 Å². The summed E-state index contributed by atoms with van der Waals surface area (Å²) in [6.07, 6.45) is 6.24. The van der Waals surface area contributed by atoms with Gasteiger partial charge in [0.1, 0.15) is 0 Å². The van der Waals surface area contributed by atoms with Crippen LogP contribution in [0.25, 0.3) is 0 Å². The lowest BCUT2D eigenvalue weighted by molar-refractivity contribution is -0.119. The summed E-state index contributed by atoms with van der Waals surface area (Å²) >= 11 is 0. The number of aliphatic hydroxyl groups is 1. The van der Waals surface area contributed by atoms with Crippen molar-refractivity contribution in [2.75, 3.05) is 4.90 Å². The molecule has 1 heterocycles. The van der Waals surface area contributed by atoms with Crippen molar-refractivity contribution in [3.8, 4) is 0 Å². The van der Waals surface area contributed by atoms with Gasteiger partial charge in [0.15, 0.2) is 0 Å². The van der Waals surface area contributed by atoms with Crippen LogP contribution in [0.3, 0.4) is 0 Å². The van der Waals surface area contributed by atoms with Crippen molar-refractivity contribution < 1.29 is 18.3 Å². The molecule has 1 aromatic heterocycles. The summed E-state index contributed by atoms with van der Waals surface area (Å²) in [5.41, 5.74) is 4.34. The molecule has 2 unspecified atom stereocenters. The summed E-state index contributed by atoms with van der Waals surface area (Å²) in [7, 11) is -3.86. The number of rotatable bonds is 8. The largest absolute Gasteiger partial charge is 0.391 e. The molecule has 2 aliphatic carbocycles. The predicted octanol–water partition coefficient (Wildman–Crippen LogP) is 3.91. The highest BCUT2D eigenvalue weighted by molar-refractivity contribution is 7.89. The van der Waals surface area contributed by atoms with Gasteiger partial charge in [-0.1, -0.05) is 31.2 Å². The number of pyridine rings is 1. The van der Waals surface area contributed by atoms with E-state index in [1.165, 1.54) is 0 Å². The SMILES string of the molecule is CCc1ccc(S(=O)(=O)NC2c3cc(N(Cc4cccnc4)C(=O)C4CC4)ccc3CCC2O)cc1. The highest BCUT2D eigenvalue weighted by Crippen LogP contribution is 2.37. The third-order valence-corrected chi connectivity index (χ3v) is 8.51. The number of nitrogens with one attached hydrogen (secondary N) is 1. The van der Waals surface area contributed by atoms with E-state index in [2.05, 4.69) is 9.71 Å². The van der Waals surface area contributed by atoms with E-state index >= 15 is 0 Å². The summed E-state index contributed by atoms with van der Waals surface area (Å²) in [5.74, 6) is 0.0759. The number of aromatic nitrogens is 1. The number of aliphatic hydroxyl groups excluding tert-OH is 1. The maximum absolute atomic E-state index is 13.2. The molecule has 5 rings (SSSR count). The van der Waals surface area contributed by atoms with Gasteiger partial charge in [-0.15, -0.1) is 0 Å². The highest BCUT2D eigenvalue weighted by atomic mass is 32.2. The van der Waals surface area contributed by atoms with Crippen LogP contribution in [0.4, 0.5) is 5.69 Å². The number of hydrogen-bond donors (Lipinski definition) is 2. The zero-order valence-corrected chi connectivity index (χ0v) is 21.1. The van der Waals surface area contributed by atoms with Gasteiger partial charge in [0.05, 0.1) is 23.6 Å². The fourth-order valence-electron chi connectivity index (χ4n) is 4.75. The monoisotopic (exact) mass is 505 g/mol. The second kappa shape index (κ2) is 10.1. The van der Waals surface area contributed by atoms with Crippen molar-refractivity contribution in [1.82, 2.24) is 9.71 Å². The van der Waals surface area contributed by atoms with Crippen molar-refractivity contribution in [3.63, 3.8) is 0 Å². The number of carbonyl (C=O) groups is 1. The van der Waals surface area contributed by atoms with E-state index in [4.69, 9.17) is 0 Å². The normalized spacial score (nSPS) is 19.5. The summed E-state index contributed by atoms with van der Waals surface area (Å²) in [6, 6.07) is 15.5. The number of aryl methyl sites for hydroxylation is 2. The smallest absolute Gasteiger partial charge is 0.241 e. The van der Waals surface area contributed by atoms with Gasteiger partial charge < -0.3 is 10.0 Å². The molecule has 0 radical (unpaired) electrons. The van der Waals surface area contributed by atoms with Crippen LogP contribution >= 0.6 is 0 Å².